The summed E-state index contributed by atoms with van der Waals surface area (Å²) in [6.07, 6.45) is -5.86. The van der Waals surface area contributed by atoms with Crippen LogP contribution in [0, 0.1) is 0 Å². The highest BCUT2D eigenvalue weighted by atomic mass is 16.6. The summed E-state index contributed by atoms with van der Waals surface area (Å²) in [4.78, 5) is 10.7. The lowest BCUT2D eigenvalue weighted by Crippen LogP contribution is -2.62. The second-order valence-corrected chi connectivity index (χ2v) is 3.38. The summed E-state index contributed by atoms with van der Waals surface area (Å²) >= 11 is 0. The van der Waals surface area contributed by atoms with Crippen molar-refractivity contribution in [2.75, 3.05) is 6.61 Å². The molecule has 88 valence electrons. The quantitative estimate of drug-likeness (QED) is 0.375. The van der Waals surface area contributed by atoms with Crippen LogP contribution in [0.1, 0.15) is 6.92 Å². The second kappa shape index (κ2) is 4.86. The van der Waals surface area contributed by atoms with E-state index in [-0.39, 0.29) is 0 Å². The van der Waals surface area contributed by atoms with Gasteiger partial charge in [0.05, 0.1) is 6.61 Å². The molecule has 5 atom stereocenters. The molecule has 0 saturated carbocycles. The number of hydrogen-bond acceptors (Lipinski definition) is 7. The average molecular weight is 221 g/mol. The molecule has 0 radical (unpaired) electrons. The van der Waals surface area contributed by atoms with Gasteiger partial charge in [-0.2, -0.15) is 0 Å². The van der Waals surface area contributed by atoms with E-state index in [1.54, 1.807) is 0 Å². The van der Waals surface area contributed by atoms with E-state index in [2.05, 4.69) is 0 Å². The molecule has 1 aliphatic rings. The maximum atomic E-state index is 10.7. The first-order valence-electron chi connectivity index (χ1n) is 4.52. The number of carbonyl (C=O) groups excluding carboxylic acids is 1. The number of aliphatic hydroxyl groups is 3. The van der Waals surface area contributed by atoms with E-state index in [0.29, 0.717) is 0 Å². The monoisotopic (exact) mass is 221 g/mol. The van der Waals surface area contributed by atoms with E-state index in [1.807, 2.05) is 0 Å². The summed E-state index contributed by atoms with van der Waals surface area (Å²) in [6, 6.07) is 0. The number of esters is 1. The molecule has 1 fully saturated rings. The van der Waals surface area contributed by atoms with Gasteiger partial charge >= 0.3 is 5.97 Å². The molecule has 1 rings (SSSR count). The van der Waals surface area contributed by atoms with E-state index in [9.17, 15) is 15.0 Å². The summed E-state index contributed by atoms with van der Waals surface area (Å²) < 4.78 is 9.67. The lowest BCUT2D eigenvalue weighted by molar-refractivity contribution is -0.236. The summed E-state index contributed by atoms with van der Waals surface area (Å²) in [6.45, 7) is 0.683. The van der Waals surface area contributed by atoms with Gasteiger partial charge < -0.3 is 30.5 Å². The Morgan fingerprint density at radius 3 is 2.53 bits per heavy atom. The zero-order valence-corrected chi connectivity index (χ0v) is 8.24. The van der Waals surface area contributed by atoms with Gasteiger partial charge in [0.2, 0.25) is 0 Å². The molecular formula is C8H15NO6. The lowest BCUT2D eigenvalue weighted by Gasteiger charge is -2.39. The Morgan fingerprint density at radius 1 is 1.47 bits per heavy atom. The Morgan fingerprint density at radius 2 is 2.07 bits per heavy atom. The van der Waals surface area contributed by atoms with E-state index >= 15 is 0 Å². The number of ether oxygens (including phenoxy) is 2. The molecule has 1 saturated heterocycles. The van der Waals surface area contributed by atoms with Crippen LogP contribution in [0.25, 0.3) is 0 Å². The number of nitrogens with two attached hydrogens (primary N) is 1. The number of hydrogen-bond donors (Lipinski definition) is 4. The first kappa shape index (κ1) is 12.3. The summed E-state index contributed by atoms with van der Waals surface area (Å²) in [7, 11) is 0. The minimum Gasteiger partial charge on any atom is -0.455 e. The largest absolute Gasteiger partial charge is 0.455 e. The summed E-state index contributed by atoms with van der Waals surface area (Å²) in [5.41, 5.74) is 5.46. The molecule has 0 aromatic rings. The fourth-order valence-corrected chi connectivity index (χ4v) is 1.45. The van der Waals surface area contributed by atoms with E-state index in [4.69, 9.17) is 20.3 Å². The molecule has 0 spiro atoms. The van der Waals surface area contributed by atoms with E-state index in [0.717, 1.165) is 6.92 Å². The highest BCUT2D eigenvalue weighted by molar-refractivity contribution is 5.66. The minimum atomic E-state index is -1.37. The van der Waals surface area contributed by atoms with Crippen LogP contribution in [0.3, 0.4) is 0 Å². The third kappa shape index (κ3) is 2.64. The molecule has 7 nitrogen and oxygen atoms in total. The van der Waals surface area contributed by atoms with Gasteiger partial charge in [0.15, 0.2) is 6.10 Å². The standard InChI is InChI=1S/C8H15NO6/c1-3(11)14-7-6(13)5(12)4(2-10)15-8(7)9/h4-8,10,12-13H,2,9H2,1H3/t4-,5-,6+,7+,8?/m1/s1. The first-order valence-corrected chi connectivity index (χ1v) is 4.52. The molecule has 15 heavy (non-hydrogen) atoms. The molecule has 0 bridgehead atoms. The Hall–Kier alpha value is -0.730. The lowest BCUT2D eigenvalue weighted by atomic mass is 9.98. The van der Waals surface area contributed by atoms with Gasteiger partial charge in [-0.3, -0.25) is 4.79 Å². The molecule has 1 unspecified atom stereocenters. The highest BCUT2D eigenvalue weighted by Crippen LogP contribution is 2.20. The molecule has 7 heteroatoms. The SMILES string of the molecule is CC(=O)O[C@@H]1C(N)O[C@H](CO)[C@@H](O)[C@@H]1O. The van der Waals surface area contributed by atoms with Crippen LogP contribution in [0.15, 0.2) is 0 Å². The molecule has 1 aliphatic heterocycles. The molecule has 0 aromatic carbocycles. The van der Waals surface area contributed by atoms with Gasteiger partial charge in [-0.15, -0.1) is 0 Å². The molecule has 1 heterocycles. The van der Waals surface area contributed by atoms with Crippen molar-refractivity contribution >= 4 is 5.97 Å². The normalized spacial score (nSPS) is 41.3. The maximum absolute atomic E-state index is 10.7. The van der Waals surface area contributed by atoms with Crippen molar-refractivity contribution in [3.8, 4) is 0 Å². The third-order valence-corrected chi connectivity index (χ3v) is 2.21. The summed E-state index contributed by atoms with van der Waals surface area (Å²) in [5, 5.41) is 27.8. The summed E-state index contributed by atoms with van der Waals surface area (Å²) in [5.74, 6) is -0.632. The molecular weight excluding hydrogens is 206 g/mol. The van der Waals surface area contributed by atoms with Crippen LogP contribution in [-0.2, 0) is 14.3 Å². The number of aliphatic hydroxyl groups excluding tert-OH is 3. The average Bonchev–Trinajstić information content (AvgIpc) is 2.18. The first-order chi connectivity index (χ1) is 6.97. The van der Waals surface area contributed by atoms with E-state index in [1.165, 1.54) is 0 Å². The Balaban J connectivity index is 2.70. The van der Waals surface area contributed by atoms with Gasteiger partial charge in [0.1, 0.15) is 24.5 Å². The zero-order valence-electron chi connectivity index (χ0n) is 8.24. The fourth-order valence-electron chi connectivity index (χ4n) is 1.45. The van der Waals surface area contributed by atoms with Gasteiger partial charge in [-0.25, -0.2) is 0 Å². The van der Waals surface area contributed by atoms with Crippen molar-refractivity contribution in [3.05, 3.63) is 0 Å². The molecule has 0 aromatic heterocycles. The Bertz CT molecular complexity index is 235. The van der Waals surface area contributed by atoms with Crippen LogP contribution in [0.4, 0.5) is 0 Å². The predicted molar refractivity (Wildman–Crippen MR) is 47.5 cm³/mol. The van der Waals surface area contributed by atoms with Crippen molar-refractivity contribution in [1.29, 1.82) is 0 Å². The van der Waals surface area contributed by atoms with Gasteiger partial charge in [0.25, 0.3) is 0 Å². The van der Waals surface area contributed by atoms with Crippen molar-refractivity contribution in [2.45, 2.75) is 37.6 Å². The minimum absolute atomic E-state index is 0.473. The topological polar surface area (TPSA) is 122 Å². The molecule has 5 N–H and O–H groups in total. The maximum Gasteiger partial charge on any atom is 0.303 e. The van der Waals surface area contributed by atoms with Crippen molar-refractivity contribution in [2.24, 2.45) is 5.73 Å². The Labute approximate surface area is 86.4 Å². The smallest absolute Gasteiger partial charge is 0.303 e. The molecule has 0 aliphatic carbocycles. The third-order valence-electron chi connectivity index (χ3n) is 2.21. The van der Waals surface area contributed by atoms with Crippen LogP contribution in [-0.4, -0.2) is 58.5 Å². The van der Waals surface area contributed by atoms with Crippen molar-refractivity contribution in [1.82, 2.24) is 0 Å². The van der Waals surface area contributed by atoms with Gasteiger partial charge in [0, 0.05) is 6.92 Å². The van der Waals surface area contributed by atoms with Crippen LogP contribution >= 0.6 is 0 Å². The molecule has 0 amide bonds. The van der Waals surface area contributed by atoms with Gasteiger partial charge in [-0.05, 0) is 0 Å². The van der Waals surface area contributed by atoms with Crippen molar-refractivity contribution < 1.29 is 29.6 Å². The number of carbonyl (C=O) groups is 1. The van der Waals surface area contributed by atoms with Crippen molar-refractivity contribution in [3.63, 3.8) is 0 Å². The Kier molecular flexibility index (Phi) is 4.00. The van der Waals surface area contributed by atoms with Crippen LogP contribution < -0.4 is 5.73 Å². The van der Waals surface area contributed by atoms with Crippen LogP contribution in [0.2, 0.25) is 0 Å². The second-order valence-electron chi connectivity index (χ2n) is 3.38. The zero-order chi connectivity index (χ0) is 11.6. The van der Waals surface area contributed by atoms with E-state index < -0.39 is 43.2 Å². The highest BCUT2D eigenvalue weighted by Gasteiger charge is 2.44. The fraction of sp³-hybridized carbons (Fsp3) is 0.875. The van der Waals surface area contributed by atoms with Gasteiger partial charge in [-0.1, -0.05) is 0 Å². The number of rotatable bonds is 2. The van der Waals surface area contributed by atoms with Crippen LogP contribution in [0.5, 0.6) is 0 Å². The predicted octanol–water partition coefficient (Wildman–Crippen LogP) is -2.68.